The number of carbonyl (C=O) groups excluding carboxylic acids is 2. The number of likely N-dealkylation sites (tertiary alicyclic amines) is 2. The minimum absolute atomic E-state index is 0.0108. The van der Waals surface area contributed by atoms with Crippen LogP contribution in [-0.4, -0.2) is 79.6 Å². The molecule has 0 bridgehead atoms. The van der Waals surface area contributed by atoms with Crippen LogP contribution in [0.4, 0.5) is 4.39 Å². The van der Waals surface area contributed by atoms with Crippen LogP contribution in [0.15, 0.2) is 59.0 Å². The van der Waals surface area contributed by atoms with Gasteiger partial charge in [0.25, 0.3) is 11.7 Å². The first-order valence-corrected chi connectivity index (χ1v) is 13.3. The van der Waals surface area contributed by atoms with E-state index in [1.54, 1.807) is 6.07 Å². The lowest BCUT2D eigenvalue weighted by molar-refractivity contribution is -0.140. The Morgan fingerprint density at radius 3 is 2.25 bits per heavy atom. The van der Waals surface area contributed by atoms with Crippen molar-refractivity contribution < 1.29 is 27.5 Å². The molecule has 192 valence electrons. The Hall–Kier alpha value is -3.08. The predicted octanol–water partition coefficient (Wildman–Crippen LogP) is 2.98. The summed E-state index contributed by atoms with van der Waals surface area (Å²) >= 11 is 0. The fraction of sp³-hybridized carbons (Fsp3) is 0.385. The highest BCUT2D eigenvalue weighted by Crippen LogP contribution is 2.40. The molecular formula is C26H30FN3O5S. The quantitative estimate of drug-likeness (QED) is 0.346. The van der Waals surface area contributed by atoms with Crippen molar-refractivity contribution in [3.63, 3.8) is 0 Å². The molecular weight excluding hydrogens is 485 g/mol. The van der Waals surface area contributed by atoms with Gasteiger partial charge < -0.3 is 14.9 Å². The molecule has 1 N–H and O–H groups in total. The Kier molecular flexibility index (Phi) is 7.58. The minimum atomic E-state index is -3.69. The summed E-state index contributed by atoms with van der Waals surface area (Å²) in [7, 11) is -0.881. The van der Waals surface area contributed by atoms with Gasteiger partial charge in [0, 0.05) is 38.3 Å². The number of Topliss-reactive ketones (excluding diaryl/α,β-unsaturated/α-hetero) is 1. The van der Waals surface area contributed by atoms with Gasteiger partial charge in [-0.3, -0.25) is 9.59 Å². The van der Waals surface area contributed by atoms with Gasteiger partial charge in [-0.15, -0.1) is 0 Å². The number of rotatable bonds is 7. The zero-order valence-corrected chi connectivity index (χ0v) is 21.2. The standard InChI is InChI=1S/C26H30FN3O5S/c1-28(2)36(34,35)19-12-10-18(11-13-19)24(31)22-23(20-8-4-5-9-21(20)27)30(26(33)25(22)32)17-16-29-14-6-3-7-15-29/h4-5,8-13,23,31H,3,6-7,14-17H2,1-2H3. The lowest BCUT2D eigenvalue weighted by Crippen LogP contribution is -2.40. The molecule has 0 radical (unpaired) electrons. The molecule has 2 aromatic rings. The van der Waals surface area contributed by atoms with Gasteiger partial charge in [0.2, 0.25) is 10.0 Å². The minimum Gasteiger partial charge on any atom is -0.507 e. The topological polar surface area (TPSA) is 98.2 Å². The van der Waals surface area contributed by atoms with Gasteiger partial charge in [0.1, 0.15) is 11.6 Å². The zero-order chi connectivity index (χ0) is 26.0. The average molecular weight is 516 g/mol. The van der Waals surface area contributed by atoms with E-state index in [9.17, 15) is 27.5 Å². The van der Waals surface area contributed by atoms with Crippen LogP contribution in [0.25, 0.3) is 5.76 Å². The van der Waals surface area contributed by atoms with Crippen molar-refractivity contribution in [3.8, 4) is 0 Å². The van der Waals surface area contributed by atoms with Gasteiger partial charge in [-0.25, -0.2) is 17.1 Å². The molecule has 1 amide bonds. The maximum atomic E-state index is 14.9. The van der Waals surface area contributed by atoms with Crippen molar-refractivity contribution in [2.24, 2.45) is 0 Å². The van der Waals surface area contributed by atoms with E-state index in [0.29, 0.717) is 6.54 Å². The third kappa shape index (κ3) is 4.93. The van der Waals surface area contributed by atoms with Crippen LogP contribution in [0, 0.1) is 5.82 Å². The highest BCUT2D eigenvalue weighted by molar-refractivity contribution is 7.89. The number of aliphatic hydroxyl groups excluding tert-OH is 1. The fourth-order valence-corrected chi connectivity index (χ4v) is 5.62. The van der Waals surface area contributed by atoms with Crippen LogP contribution >= 0.6 is 0 Å². The summed E-state index contributed by atoms with van der Waals surface area (Å²) < 4.78 is 40.8. The number of benzene rings is 2. The highest BCUT2D eigenvalue weighted by Gasteiger charge is 2.46. The first kappa shape index (κ1) is 26.0. The SMILES string of the molecule is CN(C)S(=O)(=O)c1ccc(C(O)=C2C(=O)C(=O)N(CCN3CCCCC3)C2c2ccccc2F)cc1. The molecule has 0 saturated carbocycles. The van der Waals surface area contributed by atoms with Crippen molar-refractivity contribution >= 4 is 27.5 Å². The van der Waals surface area contributed by atoms with Crippen LogP contribution in [0.5, 0.6) is 0 Å². The van der Waals surface area contributed by atoms with Gasteiger partial charge in [-0.05, 0) is 56.3 Å². The van der Waals surface area contributed by atoms with Crippen molar-refractivity contribution in [1.82, 2.24) is 14.1 Å². The van der Waals surface area contributed by atoms with Crippen LogP contribution in [-0.2, 0) is 19.6 Å². The van der Waals surface area contributed by atoms with Crippen molar-refractivity contribution in [2.45, 2.75) is 30.2 Å². The van der Waals surface area contributed by atoms with Crippen LogP contribution in [0.3, 0.4) is 0 Å². The molecule has 8 nitrogen and oxygen atoms in total. The molecule has 36 heavy (non-hydrogen) atoms. The average Bonchev–Trinajstić information content (AvgIpc) is 3.12. The molecule has 0 aromatic heterocycles. The van der Waals surface area contributed by atoms with Gasteiger partial charge in [0.15, 0.2) is 0 Å². The molecule has 2 aromatic carbocycles. The first-order chi connectivity index (χ1) is 17.1. The van der Waals surface area contributed by atoms with Crippen molar-refractivity contribution in [2.75, 3.05) is 40.3 Å². The number of aliphatic hydroxyl groups is 1. The molecule has 1 unspecified atom stereocenters. The Bertz CT molecular complexity index is 1280. The summed E-state index contributed by atoms with van der Waals surface area (Å²) in [6, 6.07) is 10.1. The molecule has 2 aliphatic rings. The smallest absolute Gasteiger partial charge is 0.295 e. The number of halogens is 1. The second-order valence-electron chi connectivity index (χ2n) is 9.23. The van der Waals surface area contributed by atoms with E-state index in [0.717, 1.165) is 36.7 Å². The van der Waals surface area contributed by atoms with E-state index in [4.69, 9.17) is 0 Å². The number of ketones is 1. The maximum absolute atomic E-state index is 14.9. The molecule has 10 heteroatoms. The fourth-order valence-electron chi connectivity index (χ4n) is 4.71. The highest BCUT2D eigenvalue weighted by atomic mass is 32.2. The molecule has 2 heterocycles. The normalized spacial score (nSPS) is 20.9. The Morgan fingerprint density at radius 1 is 1.00 bits per heavy atom. The largest absolute Gasteiger partial charge is 0.507 e. The molecule has 2 saturated heterocycles. The molecule has 0 aliphatic carbocycles. The van der Waals surface area contributed by atoms with Crippen LogP contribution < -0.4 is 0 Å². The summed E-state index contributed by atoms with van der Waals surface area (Å²) in [6.07, 6.45) is 3.29. The number of sulfonamides is 1. The number of carbonyl (C=O) groups is 2. The second kappa shape index (κ2) is 10.5. The van der Waals surface area contributed by atoms with Crippen LogP contribution in [0.2, 0.25) is 0 Å². The molecule has 1 atom stereocenters. The van der Waals surface area contributed by atoms with Gasteiger partial charge in [-0.1, -0.05) is 24.6 Å². The Balaban J connectivity index is 1.74. The van der Waals surface area contributed by atoms with E-state index in [1.807, 2.05) is 0 Å². The lowest BCUT2D eigenvalue weighted by Gasteiger charge is -2.31. The second-order valence-corrected chi connectivity index (χ2v) is 11.4. The molecule has 2 fully saturated rings. The monoisotopic (exact) mass is 515 g/mol. The summed E-state index contributed by atoms with van der Waals surface area (Å²) in [5, 5.41) is 11.2. The third-order valence-electron chi connectivity index (χ3n) is 6.75. The number of amides is 1. The Morgan fingerprint density at radius 2 is 1.64 bits per heavy atom. The Labute approximate surface area is 210 Å². The predicted molar refractivity (Wildman–Crippen MR) is 133 cm³/mol. The van der Waals surface area contributed by atoms with E-state index in [2.05, 4.69) is 4.90 Å². The molecule has 4 rings (SSSR count). The summed E-state index contributed by atoms with van der Waals surface area (Å²) in [6.45, 7) is 2.54. The molecule has 0 spiro atoms. The molecule has 2 aliphatic heterocycles. The number of hydrogen-bond acceptors (Lipinski definition) is 6. The van der Waals surface area contributed by atoms with Crippen molar-refractivity contribution in [3.05, 3.63) is 71.0 Å². The van der Waals surface area contributed by atoms with E-state index in [1.165, 1.54) is 61.5 Å². The number of hydrogen-bond donors (Lipinski definition) is 1. The number of nitrogens with zero attached hydrogens (tertiary/aromatic N) is 3. The van der Waals surface area contributed by atoms with Gasteiger partial charge in [-0.2, -0.15) is 0 Å². The van der Waals surface area contributed by atoms with Crippen molar-refractivity contribution in [1.29, 1.82) is 0 Å². The summed E-state index contributed by atoms with van der Waals surface area (Å²) in [4.78, 5) is 29.8. The maximum Gasteiger partial charge on any atom is 0.295 e. The summed E-state index contributed by atoms with van der Waals surface area (Å²) in [5.74, 6) is -2.76. The van der Waals surface area contributed by atoms with Gasteiger partial charge in [0.05, 0.1) is 16.5 Å². The van der Waals surface area contributed by atoms with E-state index < -0.39 is 39.3 Å². The number of piperidine rings is 1. The van der Waals surface area contributed by atoms with Gasteiger partial charge >= 0.3 is 0 Å². The van der Waals surface area contributed by atoms with E-state index >= 15 is 0 Å². The lowest BCUT2D eigenvalue weighted by atomic mass is 9.95. The zero-order valence-electron chi connectivity index (χ0n) is 20.4. The first-order valence-electron chi connectivity index (χ1n) is 11.9. The van der Waals surface area contributed by atoms with Crippen LogP contribution in [0.1, 0.15) is 36.4 Å². The van der Waals surface area contributed by atoms with E-state index in [-0.39, 0.29) is 28.1 Å². The summed E-state index contributed by atoms with van der Waals surface area (Å²) in [5.41, 5.74) is 0.0544. The third-order valence-corrected chi connectivity index (χ3v) is 8.58.